The Morgan fingerprint density at radius 2 is 2.09 bits per heavy atom. The minimum absolute atomic E-state index is 0.0715. The lowest BCUT2D eigenvalue weighted by atomic mass is 10.0. The maximum atomic E-state index is 15.2. The molecule has 0 spiro atoms. The molecule has 8 nitrogen and oxygen atoms in total. The van der Waals surface area contributed by atoms with Gasteiger partial charge in [0, 0.05) is 17.3 Å². The van der Waals surface area contributed by atoms with E-state index in [1.54, 1.807) is 13.0 Å². The number of aromatic amines is 1. The van der Waals surface area contributed by atoms with Gasteiger partial charge >= 0.3 is 0 Å². The fraction of sp³-hybridized carbons (Fsp3) is 0.227. The van der Waals surface area contributed by atoms with Crippen molar-refractivity contribution in [3.63, 3.8) is 0 Å². The Kier molecular flexibility index (Phi) is 6.67. The number of hydrogen-bond donors (Lipinski definition) is 3. The highest BCUT2D eigenvalue weighted by Crippen LogP contribution is 2.30. The van der Waals surface area contributed by atoms with Gasteiger partial charge in [-0.25, -0.2) is 27.2 Å². The first kappa shape index (κ1) is 23.8. The van der Waals surface area contributed by atoms with Crippen molar-refractivity contribution >= 4 is 49.9 Å². The predicted octanol–water partition coefficient (Wildman–Crippen LogP) is 4.48. The Labute approximate surface area is 199 Å². The Morgan fingerprint density at radius 3 is 2.79 bits per heavy atom. The zero-order valence-corrected chi connectivity index (χ0v) is 19.5. The molecule has 3 aromatic rings. The molecule has 3 N–H and O–H groups in total. The predicted molar refractivity (Wildman–Crippen MR) is 126 cm³/mol. The Bertz CT molecular complexity index is 1440. The van der Waals surface area contributed by atoms with Crippen molar-refractivity contribution in [2.45, 2.75) is 25.8 Å². The molecule has 12 heteroatoms. The van der Waals surface area contributed by atoms with Crippen molar-refractivity contribution in [2.75, 3.05) is 15.8 Å². The molecular weight excluding hydrogens is 488 g/mol. The lowest BCUT2D eigenvalue weighted by Crippen LogP contribution is -2.19. The monoisotopic (exact) mass is 507 g/mol. The molecule has 0 bridgehead atoms. The van der Waals surface area contributed by atoms with E-state index in [4.69, 9.17) is 11.6 Å². The molecule has 0 saturated carbocycles. The van der Waals surface area contributed by atoms with E-state index in [9.17, 15) is 17.6 Å². The van der Waals surface area contributed by atoms with Crippen LogP contribution >= 0.6 is 11.6 Å². The van der Waals surface area contributed by atoms with Gasteiger partial charge in [0.15, 0.2) is 5.82 Å². The van der Waals surface area contributed by atoms with Gasteiger partial charge in [-0.05, 0) is 31.1 Å². The summed E-state index contributed by atoms with van der Waals surface area (Å²) in [5, 5.41) is 4.02. The van der Waals surface area contributed by atoms with E-state index in [0.29, 0.717) is 17.9 Å². The Hall–Kier alpha value is -3.31. The van der Waals surface area contributed by atoms with Gasteiger partial charge in [-0.2, -0.15) is 0 Å². The second kappa shape index (κ2) is 9.51. The van der Waals surface area contributed by atoms with Crippen molar-refractivity contribution in [2.24, 2.45) is 0 Å². The third-order valence-electron chi connectivity index (χ3n) is 5.15. The normalized spacial score (nSPS) is 15.9. The number of sulfonamides is 1. The van der Waals surface area contributed by atoms with Gasteiger partial charge in [-0.1, -0.05) is 30.7 Å². The van der Waals surface area contributed by atoms with E-state index in [1.807, 2.05) is 12.2 Å². The van der Waals surface area contributed by atoms with Crippen LogP contribution in [0.3, 0.4) is 0 Å². The van der Waals surface area contributed by atoms with E-state index < -0.39 is 38.7 Å². The summed E-state index contributed by atoms with van der Waals surface area (Å²) in [5.74, 6) is -3.39. The summed E-state index contributed by atoms with van der Waals surface area (Å²) < 4.78 is 56.0. The SMILES string of the molecule is CCCS(=O)(=O)Nc1ccc(F)c(C(=O)c2c[nH]c3ncnc(NC4C=CC(Cl)=CC4)c23)c1F. The quantitative estimate of drug-likeness (QED) is 0.387. The number of nitrogens with zero attached hydrogens (tertiary/aromatic N) is 2. The molecule has 34 heavy (non-hydrogen) atoms. The first-order chi connectivity index (χ1) is 16.2. The van der Waals surface area contributed by atoms with Crippen molar-refractivity contribution in [1.82, 2.24) is 15.0 Å². The van der Waals surface area contributed by atoms with Crippen LogP contribution in [-0.2, 0) is 10.0 Å². The number of rotatable bonds is 8. The molecule has 1 aliphatic carbocycles. The van der Waals surface area contributed by atoms with Gasteiger partial charge in [-0.3, -0.25) is 9.52 Å². The zero-order valence-electron chi connectivity index (χ0n) is 17.9. The fourth-order valence-electron chi connectivity index (χ4n) is 3.59. The van der Waals surface area contributed by atoms with Crippen molar-refractivity contribution in [3.8, 4) is 0 Å². The first-order valence-corrected chi connectivity index (χ1v) is 12.4. The molecule has 1 aliphatic rings. The smallest absolute Gasteiger partial charge is 0.232 e. The van der Waals surface area contributed by atoms with E-state index in [0.717, 1.165) is 12.1 Å². The number of anilines is 2. The Balaban J connectivity index is 1.74. The summed E-state index contributed by atoms with van der Waals surface area (Å²) in [5.41, 5.74) is -1.18. The maximum Gasteiger partial charge on any atom is 0.232 e. The second-order valence-corrected chi connectivity index (χ2v) is 9.90. The van der Waals surface area contributed by atoms with E-state index in [1.165, 1.54) is 12.5 Å². The number of allylic oxidation sites excluding steroid dienone is 2. The fourth-order valence-corrected chi connectivity index (χ4v) is 4.88. The third-order valence-corrected chi connectivity index (χ3v) is 6.90. The third kappa shape index (κ3) is 4.80. The van der Waals surface area contributed by atoms with E-state index >= 15 is 4.39 Å². The standard InChI is InChI=1S/C22H20ClF2N5O3S/c1-2-9-34(32,33)30-16-8-7-15(24)18(19(16)25)20(31)14-10-26-21-17(14)22(28-11-27-21)29-13-5-3-12(23)4-6-13/h3-5,7-8,10-11,13,30H,2,6,9H2,1H3,(H2,26,27,28,29). The van der Waals surface area contributed by atoms with Gasteiger partial charge in [0.2, 0.25) is 15.8 Å². The summed E-state index contributed by atoms with van der Waals surface area (Å²) in [6, 6.07) is 1.60. The molecular formula is C22H20ClF2N5O3S. The van der Waals surface area contributed by atoms with Crippen LogP contribution in [0.5, 0.6) is 0 Å². The highest BCUT2D eigenvalue weighted by molar-refractivity contribution is 7.92. The van der Waals surface area contributed by atoms with Crippen molar-refractivity contribution in [3.05, 3.63) is 70.7 Å². The molecule has 0 saturated heterocycles. The molecule has 1 unspecified atom stereocenters. The first-order valence-electron chi connectivity index (χ1n) is 10.4. The van der Waals surface area contributed by atoms with Gasteiger partial charge < -0.3 is 10.3 Å². The van der Waals surface area contributed by atoms with E-state index in [-0.39, 0.29) is 34.2 Å². The second-order valence-electron chi connectivity index (χ2n) is 7.62. The molecule has 1 atom stereocenters. The molecule has 0 aliphatic heterocycles. The molecule has 2 heterocycles. The number of halogens is 3. The molecule has 4 rings (SSSR count). The van der Waals surface area contributed by atoms with Gasteiger partial charge in [-0.15, -0.1) is 0 Å². The largest absolute Gasteiger partial charge is 0.363 e. The lowest BCUT2D eigenvalue weighted by Gasteiger charge is -2.17. The van der Waals surface area contributed by atoms with Crippen LogP contribution in [0, 0.1) is 11.6 Å². The highest BCUT2D eigenvalue weighted by atomic mass is 35.5. The maximum absolute atomic E-state index is 15.2. The highest BCUT2D eigenvalue weighted by Gasteiger charge is 2.27. The number of carbonyl (C=O) groups excluding carboxylic acids is 1. The number of aromatic nitrogens is 3. The molecule has 0 radical (unpaired) electrons. The van der Waals surface area contributed by atoms with Crippen LogP contribution < -0.4 is 10.0 Å². The summed E-state index contributed by atoms with van der Waals surface area (Å²) >= 11 is 5.95. The van der Waals surface area contributed by atoms with E-state index in [2.05, 4.69) is 25.0 Å². The van der Waals surface area contributed by atoms with Gasteiger partial charge in [0.1, 0.15) is 23.6 Å². The Morgan fingerprint density at radius 1 is 1.29 bits per heavy atom. The minimum Gasteiger partial charge on any atom is -0.363 e. The number of H-pyrrole nitrogens is 1. The summed E-state index contributed by atoms with van der Waals surface area (Å²) in [6.45, 7) is 1.65. The van der Waals surface area contributed by atoms with Crippen molar-refractivity contribution < 1.29 is 22.0 Å². The lowest BCUT2D eigenvalue weighted by molar-refractivity contribution is 0.103. The summed E-state index contributed by atoms with van der Waals surface area (Å²) in [6.07, 6.45) is 8.81. The number of benzene rings is 1. The zero-order chi connectivity index (χ0) is 24.5. The van der Waals surface area contributed by atoms with Crippen molar-refractivity contribution in [1.29, 1.82) is 0 Å². The summed E-state index contributed by atoms with van der Waals surface area (Å²) in [4.78, 5) is 24.4. The molecule has 1 aromatic carbocycles. The van der Waals surface area contributed by atoms with Crippen LogP contribution in [0.4, 0.5) is 20.3 Å². The number of carbonyl (C=O) groups is 1. The molecule has 2 aromatic heterocycles. The van der Waals surface area contributed by atoms with Crippen LogP contribution in [-0.4, -0.2) is 40.9 Å². The van der Waals surface area contributed by atoms with Gasteiger partial charge in [0.25, 0.3) is 0 Å². The number of fused-ring (bicyclic) bond motifs is 1. The molecule has 178 valence electrons. The minimum atomic E-state index is -3.86. The molecule has 0 fully saturated rings. The topological polar surface area (TPSA) is 117 Å². The number of hydrogen-bond acceptors (Lipinski definition) is 6. The van der Waals surface area contributed by atoms with Crippen LogP contribution in [0.1, 0.15) is 35.7 Å². The average Bonchev–Trinajstić information content (AvgIpc) is 3.22. The van der Waals surface area contributed by atoms with Crippen LogP contribution in [0.15, 0.2) is 47.9 Å². The van der Waals surface area contributed by atoms with Gasteiger partial charge in [0.05, 0.1) is 28.0 Å². The molecule has 0 amide bonds. The summed E-state index contributed by atoms with van der Waals surface area (Å²) in [7, 11) is -3.86. The van der Waals surface area contributed by atoms with Crippen LogP contribution in [0.2, 0.25) is 0 Å². The number of ketones is 1. The number of nitrogens with one attached hydrogen (secondary N) is 3. The average molecular weight is 508 g/mol. The van der Waals surface area contributed by atoms with Crippen LogP contribution in [0.25, 0.3) is 11.0 Å².